The average molecular weight is 513 g/mol. The van der Waals surface area contributed by atoms with Crippen LogP contribution in [0.3, 0.4) is 0 Å². The third-order valence-electron chi connectivity index (χ3n) is 4.70. The lowest BCUT2D eigenvalue weighted by atomic mass is 10.1. The first-order chi connectivity index (χ1) is 17.0. The Bertz CT molecular complexity index is 1630. The minimum atomic E-state index is -4.97. The van der Waals surface area contributed by atoms with Gasteiger partial charge in [-0.05, 0) is 48.5 Å². The van der Waals surface area contributed by atoms with Gasteiger partial charge in [-0.25, -0.2) is 18.2 Å². The van der Waals surface area contributed by atoms with Crippen molar-refractivity contribution in [3.63, 3.8) is 0 Å². The summed E-state index contributed by atoms with van der Waals surface area (Å²) in [6.45, 7) is 0. The molecule has 0 atom stereocenters. The molecule has 36 heavy (non-hydrogen) atoms. The van der Waals surface area contributed by atoms with Crippen molar-refractivity contribution in [1.29, 1.82) is 0 Å². The zero-order chi connectivity index (χ0) is 25.9. The summed E-state index contributed by atoms with van der Waals surface area (Å²) in [7, 11) is -4.32. The highest BCUT2D eigenvalue weighted by atomic mass is 32.2. The van der Waals surface area contributed by atoms with Crippen molar-refractivity contribution in [2.75, 3.05) is 4.72 Å². The molecule has 0 bridgehead atoms. The number of benzene rings is 2. The fourth-order valence-corrected chi connectivity index (χ4v) is 4.41. The van der Waals surface area contributed by atoms with Crippen LogP contribution in [0, 0.1) is 11.8 Å². The van der Waals surface area contributed by atoms with E-state index in [2.05, 4.69) is 31.3 Å². The number of anilines is 1. The van der Waals surface area contributed by atoms with Crippen molar-refractivity contribution in [3.05, 3.63) is 89.9 Å². The smallest absolute Gasteiger partial charge is 0.477 e. The first-order valence-electron chi connectivity index (χ1n) is 10.0. The van der Waals surface area contributed by atoms with Crippen molar-refractivity contribution in [3.8, 4) is 17.6 Å². The number of hydrogen-bond acceptors (Lipinski definition) is 6. The largest absolute Gasteiger partial charge is 0.573 e. The third kappa shape index (κ3) is 5.53. The van der Waals surface area contributed by atoms with E-state index in [0.29, 0.717) is 5.56 Å². The first-order valence-corrected chi connectivity index (χ1v) is 11.5. The van der Waals surface area contributed by atoms with Gasteiger partial charge >= 0.3 is 12.3 Å². The lowest BCUT2D eigenvalue weighted by molar-refractivity contribution is -0.274. The van der Waals surface area contributed by atoms with Crippen molar-refractivity contribution in [2.45, 2.75) is 11.3 Å². The highest BCUT2D eigenvalue weighted by Crippen LogP contribution is 2.34. The standard InChI is InChI=1S/C24H14F3N3O5S/c25-24(26,27)35-20-11-12-21(22-17(20)5-3-13-28-22)36(33,34)30-18-6-2-1-4-16(18)9-7-15-8-10-19(23(31)32)29-14-15/h1-6,8,10-14,30H,(H,31,32). The number of halogens is 3. The second-order valence-electron chi connectivity index (χ2n) is 7.15. The average Bonchev–Trinajstić information content (AvgIpc) is 2.82. The number of aromatic nitrogens is 2. The summed E-state index contributed by atoms with van der Waals surface area (Å²) in [6.07, 6.45) is -2.45. The molecule has 12 heteroatoms. The summed E-state index contributed by atoms with van der Waals surface area (Å²) in [5.41, 5.74) is 0.437. The highest BCUT2D eigenvalue weighted by Gasteiger charge is 2.32. The SMILES string of the molecule is O=C(O)c1ccc(C#Cc2ccccc2NS(=O)(=O)c2ccc(OC(F)(F)F)c3cccnc23)cn1. The van der Waals surface area contributed by atoms with Crippen LogP contribution in [-0.4, -0.2) is 35.8 Å². The Hall–Kier alpha value is -4.63. The fraction of sp³-hybridized carbons (Fsp3) is 0.0417. The van der Waals surface area contributed by atoms with Crippen LogP contribution in [0.25, 0.3) is 10.9 Å². The molecule has 0 aliphatic carbocycles. The normalized spacial score (nSPS) is 11.4. The molecule has 8 nitrogen and oxygen atoms in total. The van der Waals surface area contributed by atoms with E-state index in [1.807, 2.05) is 0 Å². The molecule has 0 fully saturated rings. The summed E-state index contributed by atoms with van der Waals surface area (Å²) in [4.78, 5) is 18.3. The number of nitrogens with one attached hydrogen (secondary N) is 1. The quantitative estimate of drug-likeness (QED) is 0.379. The Morgan fingerprint density at radius 2 is 1.75 bits per heavy atom. The maximum atomic E-state index is 13.2. The highest BCUT2D eigenvalue weighted by molar-refractivity contribution is 7.93. The van der Waals surface area contributed by atoms with Crippen LogP contribution in [0.5, 0.6) is 5.75 Å². The lowest BCUT2D eigenvalue weighted by Crippen LogP contribution is -2.18. The van der Waals surface area contributed by atoms with Gasteiger partial charge in [0.15, 0.2) is 0 Å². The lowest BCUT2D eigenvalue weighted by Gasteiger charge is -2.14. The Morgan fingerprint density at radius 3 is 2.44 bits per heavy atom. The summed E-state index contributed by atoms with van der Waals surface area (Å²) in [5, 5.41) is 8.79. The molecule has 2 N–H and O–H groups in total. The number of aromatic carboxylic acids is 1. The van der Waals surface area contributed by atoms with Crippen LogP contribution >= 0.6 is 0 Å². The van der Waals surface area contributed by atoms with Gasteiger partial charge < -0.3 is 9.84 Å². The summed E-state index contributed by atoms with van der Waals surface area (Å²) in [5.74, 6) is 3.80. The van der Waals surface area contributed by atoms with Gasteiger partial charge in [0.1, 0.15) is 16.3 Å². The second-order valence-corrected chi connectivity index (χ2v) is 8.80. The molecule has 0 radical (unpaired) electrons. The molecule has 0 aliphatic heterocycles. The number of carboxylic acid groups (broad SMARTS) is 1. The van der Waals surface area contributed by atoms with E-state index < -0.39 is 28.1 Å². The molecule has 0 aliphatic rings. The van der Waals surface area contributed by atoms with Crippen molar-refractivity contribution >= 4 is 32.6 Å². The number of pyridine rings is 2. The topological polar surface area (TPSA) is 118 Å². The van der Waals surface area contributed by atoms with E-state index in [1.54, 1.807) is 18.2 Å². The van der Waals surface area contributed by atoms with Crippen molar-refractivity contribution in [2.24, 2.45) is 0 Å². The molecule has 0 amide bonds. The maximum Gasteiger partial charge on any atom is 0.573 e. The Kier molecular flexibility index (Phi) is 6.50. The molecular weight excluding hydrogens is 499 g/mol. The first kappa shape index (κ1) is 24.5. The van der Waals surface area contributed by atoms with E-state index in [1.165, 1.54) is 42.7 Å². The number of para-hydroxylation sites is 1. The summed E-state index contributed by atoms with van der Waals surface area (Å²) < 4.78 is 71.1. The Labute approximate surface area is 202 Å². The number of fused-ring (bicyclic) bond motifs is 1. The van der Waals surface area contributed by atoms with Crippen molar-refractivity contribution < 1.29 is 36.2 Å². The Morgan fingerprint density at radius 1 is 0.972 bits per heavy atom. The Balaban J connectivity index is 1.69. The van der Waals surface area contributed by atoms with Crippen LogP contribution in [0.15, 0.2) is 78.0 Å². The number of carbonyl (C=O) groups is 1. The second kappa shape index (κ2) is 9.55. The maximum absolute atomic E-state index is 13.2. The van der Waals surface area contributed by atoms with E-state index in [4.69, 9.17) is 5.11 Å². The molecule has 2 aromatic carbocycles. The van der Waals surface area contributed by atoms with Gasteiger partial charge in [0.05, 0.1) is 11.2 Å². The molecule has 0 spiro atoms. The predicted molar refractivity (Wildman–Crippen MR) is 123 cm³/mol. The van der Waals surface area contributed by atoms with Crippen LogP contribution in [0.2, 0.25) is 0 Å². The minimum absolute atomic E-state index is 0.111. The van der Waals surface area contributed by atoms with Gasteiger partial charge in [-0.1, -0.05) is 24.0 Å². The van der Waals surface area contributed by atoms with Gasteiger partial charge in [-0.3, -0.25) is 9.71 Å². The van der Waals surface area contributed by atoms with E-state index in [0.717, 1.165) is 12.1 Å². The van der Waals surface area contributed by atoms with Crippen molar-refractivity contribution in [1.82, 2.24) is 9.97 Å². The van der Waals surface area contributed by atoms with Crippen LogP contribution in [0.1, 0.15) is 21.6 Å². The minimum Gasteiger partial charge on any atom is -0.477 e. The number of sulfonamides is 1. The molecule has 4 rings (SSSR count). The van der Waals surface area contributed by atoms with E-state index in [9.17, 15) is 26.4 Å². The number of hydrogen-bond donors (Lipinski definition) is 2. The van der Waals surface area contributed by atoms with Crippen LogP contribution in [0.4, 0.5) is 18.9 Å². The molecule has 182 valence electrons. The summed E-state index contributed by atoms with van der Waals surface area (Å²) in [6, 6.07) is 13.5. The van der Waals surface area contributed by atoms with Crippen LogP contribution < -0.4 is 9.46 Å². The molecule has 2 heterocycles. The molecule has 0 saturated heterocycles. The van der Waals surface area contributed by atoms with Gasteiger partial charge in [-0.2, -0.15) is 0 Å². The zero-order valence-electron chi connectivity index (χ0n) is 17.9. The fourth-order valence-electron chi connectivity index (χ4n) is 3.17. The molecule has 2 aromatic heterocycles. The molecule has 0 saturated carbocycles. The number of ether oxygens (including phenoxy) is 1. The predicted octanol–water partition coefficient (Wildman–Crippen LogP) is 4.43. The zero-order valence-corrected chi connectivity index (χ0v) is 18.8. The molecular formula is C24H14F3N3O5S. The van der Waals surface area contributed by atoms with Crippen LogP contribution in [-0.2, 0) is 10.0 Å². The van der Waals surface area contributed by atoms with Gasteiger partial charge in [-0.15, -0.1) is 13.2 Å². The van der Waals surface area contributed by atoms with Gasteiger partial charge in [0, 0.05) is 28.9 Å². The monoisotopic (exact) mass is 513 g/mol. The van der Waals surface area contributed by atoms with Gasteiger partial charge in [0.2, 0.25) is 0 Å². The third-order valence-corrected chi connectivity index (χ3v) is 6.10. The van der Waals surface area contributed by atoms with E-state index >= 15 is 0 Å². The molecule has 4 aromatic rings. The van der Waals surface area contributed by atoms with E-state index in [-0.39, 0.29) is 32.7 Å². The van der Waals surface area contributed by atoms with Gasteiger partial charge in [0.25, 0.3) is 10.0 Å². The number of carboxylic acids is 1. The molecule has 0 unspecified atom stereocenters. The number of alkyl halides is 3. The summed E-state index contributed by atoms with van der Waals surface area (Å²) >= 11 is 0. The number of rotatable bonds is 5. The number of nitrogens with zero attached hydrogens (tertiary/aromatic N) is 2.